The Morgan fingerprint density at radius 3 is 0.808 bits per heavy atom. The highest BCUT2D eigenvalue weighted by Gasteiger charge is 2.19. The molecule has 6 heteroatoms. The number of carbonyl (C=O) groups is 3. The molecule has 0 N–H and O–H groups in total. The zero-order valence-electron chi connectivity index (χ0n) is 50.6. The van der Waals surface area contributed by atoms with Crippen LogP contribution in [0.25, 0.3) is 0 Å². The second-order valence-electron chi connectivity index (χ2n) is 20.9. The first kappa shape index (κ1) is 73.5. The monoisotopic (exact) mass is 1080 g/mol. The van der Waals surface area contributed by atoms with Crippen LogP contribution < -0.4 is 0 Å². The predicted octanol–water partition coefficient (Wildman–Crippen LogP) is 22.2. The van der Waals surface area contributed by atoms with Crippen LogP contribution in [0.2, 0.25) is 0 Å². The molecule has 0 saturated heterocycles. The molecule has 0 aliphatic heterocycles. The Morgan fingerprint density at radius 1 is 0.269 bits per heavy atom. The van der Waals surface area contributed by atoms with Crippen molar-refractivity contribution in [1.29, 1.82) is 0 Å². The van der Waals surface area contributed by atoms with Crippen molar-refractivity contribution in [3.05, 3.63) is 134 Å². The lowest BCUT2D eigenvalue weighted by molar-refractivity contribution is -0.167. The molecule has 0 aliphatic rings. The number of allylic oxidation sites excluding steroid dienone is 22. The maximum atomic E-state index is 12.9. The Hall–Kier alpha value is -4.45. The summed E-state index contributed by atoms with van der Waals surface area (Å²) in [6, 6.07) is 0. The van der Waals surface area contributed by atoms with E-state index < -0.39 is 6.10 Å². The zero-order chi connectivity index (χ0) is 56.4. The Kier molecular flexibility index (Phi) is 61.4. The summed E-state index contributed by atoms with van der Waals surface area (Å²) in [5.74, 6) is -0.955. The van der Waals surface area contributed by atoms with E-state index in [1.807, 2.05) is 0 Å². The van der Waals surface area contributed by atoms with Gasteiger partial charge in [-0.2, -0.15) is 0 Å². The number of ether oxygens (including phenoxy) is 3. The van der Waals surface area contributed by atoms with Gasteiger partial charge in [-0.05, 0) is 141 Å². The van der Waals surface area contributed by atoms with Crippen molar-refractivity contribution in [2.24, 2.45) is 0 Å². The van der Waals surface area contributed by atoms with Gasteiger partial charge in [0.25, 0.3) is 0 Å². The first-order valence-electron chi connectivity index (χ1n) is 32.2. The van der Waals surface area contributed by atoms with Crippen LogP contribution in [0.5, 0.6) is 0 Å². The number of esters is 3. The van der Waals surface area contributed by atoms with Gasteiger partial charge in [0.1, 0.15) is 13.2 Å². The van der Waals surface area contributed by atoms with Crippen molar-refractivity contribution in [3.8, 4) is 0 Å². The molecule has 0 spiro atoms. The van der Waals surface area contributed by atoms with E-state index in [1.54, 1.807) is 0 Å². The van der Waals surface area contributed by atoms with E-state index in [2.05, 4.69) is 154 Å². The number of unbranched alkanes of at least 4 members (excludes halogenated alkanes) is 24. The molecule has 0 rings (SSSR count). The summed E-state index contributed by atoms with van der Waals surface area (Å²) in [5, 5.41) is 0. The van der Waals surface area contributed by atoms with Gasteiger partial charge in [0.15, 0.2) is 6.10 Å². The molecule has 0 amide bonds. The van der Waals surface area contributed by atoms with Crippen molar-refractivity contribution in [3.63, 3.8) is 0 Å². The van der Waals surface area contributed by atoms with Gasteiger partial charge in [0.05, 0.1) is 0 Å². The van der Waals surface area contributed by atoms with Gasteiger partial charge in [0.2, 0.25) is 0 Å². The fraction of sp³-hybridized carbons (Fsp3) is 0.653. The molecule has 0 aromatic heterocycles. The summed E-state index contributed by atoms with van der Waals surface area (Å²) in [4.78, 5) is 38.3. The molecular weight excluding hydrogens is 961 g/mol. The highest BCUT2D eigenvalue weighted by atomic mass is 16.6. The van der Waals surface area contributed by atoms with Gasteiger partial charge in [-0.1, -0.05) is 257 Å². The van der Waals surface area contributed by atoms with E-state index in [-0.39, 0.29) is 31.1 Å². The molecule has 0 bridgehead atoms. The Morgan fingerprint density at radius 2 is 0.500 bits per heavy atom. The highest BCUT2D eigenvalue weighted by molar-refractivity contribution is 5.71. The molecule has 0 saturated carbocycles. The third kappa shape index (κ3) is 62.4. The van der Waals surface area contributed by atoms with Gasteiger partial charge in [0, 0.05) is 19.3 Å². The van der Waals surface area contributed by atoms with E-state index in [0.717, 1.165) is 148 Å². The van der Waals surface area contributed by atoms with E-state index in [9.17, 15) is 14.4 Å². The average Bonchev–Trinajstić information content (AvgIpc) is 3.44. The first-order valence-corrected chi connectivity index (χ1v) is 32.2. The fourth-order valence-corrected chi connectivity index (χ4v) is 8.54. The summed E-state index contributed by atoms with van der Waals surface area (Å²) in [6.07, 6.45) is 91.6. The summed E-state index contributed by atoms with van der Waals surface area (Å²) in [6.45, 7) is 6.47. The van der Waals surface area contributed by atoms with Crippen LogP contribution in [0.1, 0.15) is 284 Å². The van der Waals surface area contributed by atoms with Crippen LogP contribution in [0.3, 0.4) is 0 Å². The highest BCUT2D eigenvalue weighted by Crippen LogP contribution is 2.14. The normalized spacial score (nSPS) is 13.0. The summed E-state index contributed by atoms with van der Waals surface area (Å²) < 4.78 is 16.9. The van der Waals surface area contributed by atoms with Gasteiger partial charge in [-0.15, -0.1) is 0 Å². The molecule has 0 radical (unpaired) electrons. The molecule has 6 nitrogen and oxygen atoms in total. The van der Waals surface area contributed by atoms with E-state index in [1.165, 1.54) is 96.3 Å². The second kappa shape index (κ2) is 65.1. The predicted molar refractivity (Wildman–Crippen MR) is 339 cm³/mol. The Balaban J connectivity index is 4.48. The Labute approximate surface area is 481 Å². The van der Waals surface area contributed by atoms with Crippen molar-refractivity contribution in [2.45, 2.75) is 290 Å². The van der Waals surface area contributed by atoms with Crippen molar-refractivity contribution >= 4 is 17.9 Å². The molecule has 0 aliphatic carbocycles. The number of rotatable bonds is 57. The smallest absolute Gasteiger partial charge is 0.306 e. The molecule has 1 unspecified atom stereocenters. The fourth-order valence-electron chi connectivity index (χ4n) is 8.54. The van der Waals surface area contributed by atoms with E-state index in [0.29, 0.717) is 19.3 Å². The topological polar surface area (TPSA) is 78.9 Å². The molecule has 442 valence electrons. The number of hydrogen-bond donors (Lipinski definition) is 0. The molecule has 1 atom stereocenters. The van der Waals surface area contributed by atoms with Crippen molar-refractivity contribution in [1.82, 2.24) is 0 Å². The lowest BCUT2D eigenvalue weighted by atomic mass is 10.1. The summed E-state index contributed by atoms with van der Waals surface area (Å²) in [5.41, 5.74) is 0. The first-order chi connectivity index (χ1) is 38.5. The largest absolute Gasteiger partial charge is 0.462 e. The van der Waals surface area contributed by atoms with E-state index in [4.69, 9.17) is 14.2 Å². The molecule has 0 aromatic rings. The average molecular weight is 1080 g/mol. The van der Waals surface area contributed by atoms with Crippen LogP contribution in [-0.2, 0) is 28.6 Å². The second-order valence-corrected chi connectivity index (χ2v) is 20.9. The van der Waals surface area contributed by atoms with Gasteiger partial charge >= 0.3 is 17.9 Å². The van der Waals surface area contributed by atoms with Crippen molar-refractivity contribution in [2.75, 3.05) is 13.2 Å². The quantitative estimate of drug-likeness (QED) is 0.0261. The lowest BCUT2D eigenvalue weighted by Crippen LogP contribution is -2.30. The molecule has 0 aromatic carbocycles. The summed E-state index contributed by atoms with van der Waals surface area (Å²) in [7, 11) is 0. The van der Waals surface area contributed by atoms with E-state index >= 15 is 0 Å². The number of carbonyl (C=O) groups excluding carboxylic acids is 3. The maximum Gasteiger partial charge on any atom is 0.306 e. The third-order valence-electron chi connectivity index (χ3n) is 13.4. The maximum absolute atomic E-state index is 12.9. The Bertz CT molecular complexity index is 1670. The zero-order valence-corrected chi connectivity index (χ0v) is 50.6. The minimum absolute atomic E-state index is 0.102. The van der Waals surface area contributed by atoms with Gasteiger partial charge in [-0.3, -0.25) is 14.4 Å². The standard InChI is InChI=1S/C72H118O6/c1-4-7-10-13-16-19-22-25-28-30-32-34-35-36-37-39-40-42-44-47-50-53-56-59-62-65-71(74)77-68-69(67-76-70(73)64-61-58-55-52-49-46-27-24-21-18-15-12-9-6-3)78-72(75)66-63-60-57-54-51-48-45-43-41-38-33-31-29-26-23-20-17-14-11-8-5-2/h7,10,16,19,23-28,31-34,36-37,40-43,47,50,69H,4-6,8-9,11-15,17-18,20-22,29-30,35,38-39,44-46,48-49,51-68H2,1-3H3/b10-7-,19-16-,26-23-,27-24-,28-25-,33-31-,34-32-,37-36-,42-40-,43-41-,50-47-. The molecule has 78 heavy (non-hydrogen) atoms. The third-order valence-corrected chi connectivity index (χ3v) is 13.4. The molecule has 0 heterocycles. The van der Waals surface area contributed by atoms with Crippen LogP contribution in [0, 0.1) is 0 Å². The molecular formula is C72H118O6. The van der Waals surface area contributed by atoms with Gasteiger partial charge in [-0.25, -0.2) is 0 Å². The van der Waals surface area contributed by atoms with Crippen molar-refractivity contribution < 1.29 is 28.6 Å². The van der Waals surface area contributed by atoms with Crippen LogP contribution in [0.4, 0.5) is 0 Å². The van der Waals surface area contributed by atoms with Crippen LogP contribution in [0.15, 0.2) is 134 Å². The minimum Gasteiger partial charge on any atom is -0.462 e. The number of hydrogen-bond acceptors (Lipinski definition) is 6. The van der Waals surface area contributed by atoms with Crippen LogP contribution in [-0.4, -0.2) is 37.2 Å². The minimum atomic E-state index is -0.809. The lowest BCUT2D eigenvalue weighted by Gasteiger charge is -2.18. The molecule has 0 fully saturated rings. The summed E-state index contributed by atoms with van der Waals surface area (Å²) >= 11 is 0. The van der Waals surface area contributed by atoms with Gasteiger partial charge < -0.3 is 14.2 Å². The van der Waals surface area contributed by atoms with Crippen LogP contribution >= 0.6 is 0 Å². The SMILES string of the molecule is CC/C=C\C/C=C\C/C=C\C/C=C\C/C=C\C/C=C\C/C=C\CCCCCC(=O)OCC(COC(=O)CCCCCCC/C=C\CCCCCCC)OC(=O)CCCCCCCC/C=C\C/C=C\C/C=C\CCCCCCC.